The first-order valence-electron chi connectivity index (χ1n) is 7.33. The van der Waals surface area contributed by atoms with E-state index in [4.69, 9.17) is 22.9 Å². The van der Waals surface area contributed by atoms with Gasteiger partial charge < -0.3 is 5.73 Å². The van der Waals surface area contributed by atoms with Crippen molar-refractivity contribution >= 4 is 28.1 Å². The highest BCUT2D eigenvalue weighted by Crippen LogP contribution is 2.31. The largest absolute Gasteiger partial charge is 0.389 e. The van der Waals surface area contributed by atoms with Crippen molar-refractivity contribution in [3.8, 4) is 0 Å². The number of aromatic nitrogens is 1. The Morgan fingerprint density at radius 2 is 2.00 bits per heavy atom. The van der Waals surface area contributed by atoms with Gasteiger partial charge in [-0.05, 0) is 54.9 Å². The quantitative estimate of drug-likeness (QED) is 0.851. The van der Waals surface area contributed by atoms with Crippen LogP contribution in [0.4, 0.5) is 0 Å². The Bertz CT molecular complexity index is 689. The van der Waals surface area contributed by atoms with Crippen molar-refractivity contribution in [3.05, 3.63) is 40.6 Å². The van der Waals surface area contributed by atoms with Crippen molar-refractivity contribution < 1.29 is 0 Å². The summed E-state index contributed by atoms with van der Waals surface area (Å²) in [6.07, 6.45) is 4.52. The Morgan fingerprint density at radius 1 is 1.25 bits per heavy atom. The Hall–Kier alpha value is -1.48. The third-order valence-corrected chi connectivity index (χ3v) is 4.40. The van der Waals surface area contributed by atoms with E-state index < -0.39 is 0 Å². The average molecular weight is 284 g/mol. The van der Waals surface area contributed by atoms with Gasteiger partial charge in [-0.2, -0.15) is 0 Å². The molecule has 3 rings (SSSR count). The minimum atomic E-state index is 0.495. The van der Waals surface area contributed by atoms with E-state index in [1.54, 1.807) is 0 Å². The van der Waals surface area contributed by atoms with E-state index in [-0.39, 0.29) is 0 Å². The van der Waals surface area contributed by atoms with Gasteiger partial charge in [-0.3, -0.25) is 4.98 Å². The molecule has 2 nitrogen and oxygen atoms in total. The lowest BCUT2D eigenvalue weighted by Gasteiger charge is -2.20. The van der Waals surface area contributed by atoms with Crippen molar-refractivity contribution in [3.63, 3.8) is 0 Å². The van der Waals surface area contributed by atoms with Gasteiger partial charge in [-0.1, -0.05) is 32.1 Å². The molecule has 0 aliphatic heterocycles. The van der Waals surface area contributed by atoms with Crippen molar-refractivity contribution in [2.75, 3.05) is 0 Å². The molecule has 2 aromatic rings. The van der Waals surface area contributed by atoms with Crippen molar-refractivity contribution in [1.29, 1.82) is 0 Å². The fraction of sp³-hybridized carbons (Fsp3) is 0.412. The van der Waals surface area contributed by atoms with Crippen LogP contribution in [0.2, 0.25) is 0 Å². The fourth-order valence-corrected chi connectivity index (χ4v) is 3.32. The maximum atomic E-state index is 6.03. The Morgan fingerprint density at radius 3 is 2.70 bits per heavy atom. The summed E-state index contributed by atoms with van der Waals surface area (Å²) in [5.41, 5.74) is 11.9. The van der Waals surface area contributed by atoms with E-state index in [1.807, 2.05) is 0 Å². The summed E-state index contributed by atoms with van der Waals surface area (Å²) in [6, 6.07) is 6.50. The van der Waals surface area contributed by atoms with Gasteiger partial charge >= 0.3 is 0 Å². The van der Waals surface area contributed by atoms with E-state index in [1.165, 1.54) is 29.7 Å². The van der Waals surface area contributed by atoms with Gasteiger partial charge in [0, 0.05) is 16.6 Å². The first-order chi connectivity index (χ1) is 9.58. The lowest BCUT2D eigenvalue weighted by atomic mass is 9.88. The minimum absolute atomic E-state index is 0.495. The van der Waals surface area contributed by atoms with Gasteiger partial charge in [0.25, 0.3) is 0 Å². The van der Waals surface area contributed by atoms with Crippen LogP contribution in [0, 0.1) is 0 Å². The van der Waals surface area contributed by atoms with Crippen LogP contribution < -0.4 is 5.73 Å². The van der Waals surface area contributed by atoms with Crippen LogP contribution in [0.3, 0.4) is 0 Å². The SMILES string of the molecule is CC(C)c1ccc2nc3c(c(C(N)=S)c2c1)CCCC3. The highest BCUT2D eigenvalue weighted by Gasteiger charge is 2.19. The lowest BCUT2D eigenvalue weighted by Crippen LogP contribution is -2.18. The van der Waals surface area contributed by atoms with Crippen molar-refractivity contribution in [2.24, 2.45) is 5.73 Å². The molecule has 104 valence electrons. The van der Waals surface area contributed by atoms with Crippen LogP contribution in [0.25, 0.3) is 10.9 Å². The third-order valence-electron chi connectivity index (χ3n) is 4.20. The third kappa shape index (κ3) is 2.20. The van der Waals surface area contributed by atoms with Gasteiger partial charge in [0.1, 0.15) is 4.99 Å². The molecule has 1 heterocycles. The van der Waals surface area contributed by atoms with E-state index in [0.29, 0.717) is 10.9 Å². The van der Waals surface area contributed by atoms with E-state index in [9.17, 15) is 0 Å². The Balaban J connectivity index is 2.34. The van der Waals surface area contributed by atoms with Crippen LogP contribution in [-0.4, -0.2) is 9.97 Å². The van der Waals surface area contributed by atoms with Crippen LogP contribution >= 0.6 is 12.2 Å². The van der Waals surface area contributed by atoms with E-state index in [0.717, 1.165) is 29.3 Å². The second-order valence-electron chi connectivity index (χ2n) is 5.91. The predicted octanol–water partition coefficient (Wildman–Crippen LogP) is 3.87. The number of rotatable bonds is 2. The second-order valence-corrected chi connectivity index (χ2v) is 6.35. The number of pyridine rings is 1. The maximum absolute atomic E-state index is 6.03. The van der Waals surface area contributed by atoms with Gasteiger partial charge in [0.05, 0.1) is 5.52 Å². The normalized spacial score (nSPS) is 14.6. The molecule has 2 N–H and O–H groups in total. The summed E-state index contributed by atoms with van der Waals surface area (Å²) in [6.45, 7) is 4.40. The van der Waals surface area contributed by atoms with Crippen molar-refractivity contribution in [2.45, 2.75) is 45.4 Å². The predicted molar refractivity (Wildman–Crippen MR) is 88.4 cm³/mol. The van der Waals surface area contributed by atoms with Crippen LogP contribution in [0.1, 0.15) is 55.0 Å². The first-order valence-corrected chi connectivity index (χ1v) is 7.74. The number of nitrogens with two attached hydrogens (primary N) is 1. The fourth-order valence-electron chi connectivity index (χ4n) is 3.08. The molecule has 0 fully saturated rings. The number of benzene rings is 1. The molecule has 0 spiro atoms. The van der Waals surface area contributed by atoms with Gasteiger partial charge in [-0.25, -0.2) is 0 Å². The molecule has 1 aliphatic rings. The first kappa shape index (κ1) is 13.5. The van der Waals surface area contributed by atoms with E-state index in [2.05, 4.69) is 32.0 Å². The molecule has 0 unspecified atom stereocenters. The smallest absolute Gasteiger partial charge is 0.105 e. The molecule has 0 bridgehead atoms. The van der Waals surface area contributed by atoms with Crippen LogP contribution in [0.15, 0.2) is 18.2 Å². The summed E-state index contributed by atoms with van der Waals surface area (Å²) in [4.78, 5) is 5.35. The topological polar surface area (TPSA) is 38.9 Å². The zero-order valence-electron chi connectivity index (χ0n) is 12.1. The molecule has 0 saturated carbocycles. The van der Waals surface area contributed by atoms with Gasteiger partial charge in [0.2, 0.25) is 0 Å². The van der Waals surface area contributed by atoms with E-state index >= 15 is 0 Å². The molecule has 1 aromatic heterocycles. The monoisotopic (exact) mass is 284 g/mol. The Kier molecular flexibility index (Phi) is 3.47. The summed E-state index contributed by atoms with van der Waals surface area (Å²) < 4.78 is 0. The number of aryl methyl sites for hydroxylation is 1. The number of hydrogen-bond acceptors (Lipinski definition) is 2. The lowest BCUT2D eigenvalue weighted by molar-refractivity contribution is 0.670. The summed E-state index contributed by atoms with van der Waals surface area (Å²) >= 11 is 5.33. The van der Waals surface area contributed by atoms with Gasteiger partial charge in [0.15, 0.2) is 0 Å². The highest BCUT2D eigenvalue weighted by molar-refractivity contribution is 7.80. The van der Waals surface area contributed by atoms with Crippen molar-refractivity contribution in [1.82, 2.24) is 4.98 Å². The number of thiocarbonyl (C=S) groups is 1. The Labute approximate surface area is 125 Å². The summed E-state index contributed by atoms with van der Waals surface area (Å²) in [7, 11) is 0. The van der Waals surface area contributed by atoms with Gasteiger partial charge in [-0.15, -0.1) is 0 Å². The maximum Gasteiger partial charge on any atom is 0.105 e. The molecule has 1 aromatic carbocycles. The molecule has 0 saturated heterocycles. The molecule has 1 aliphatic carbocycles. The van der Waals surface area contributed by atoms with Crippen LogP contribution in [0.5, 0.6) is 0 Å². The zero-order chi connectivity index (χ0) is 14.3. The minimum Gasteiger partial charge on any atom is -0.389 e. The average Bonchev–Trinajstić information content (AvgIpc) is 2.43. The molecule has 0 radical (unpaired) electrons. The molecular formula is C17H20N2S. The molecular weight excluding hydrogens is 264 g/mol. The number of fused-ring (bicyclic) bond motifs is 2. The molecule has 20 heavy (non-hydrogen) atoms. The summed E-state index contributed by atoms with van der Waals surface area (Å²) in [5, 5.41) is 1.13. The molecule has 3 heteroatoms. The molecule has 0 amide bonds. The highest BCUT2D eigenvalue weighted by atomic mass is 32.1. The standard InChI is InChI=1S/C17H20N2S/c1-10(2)11-7-8-15-13(9-11)16(17(18)20)12-5-3-4-6-14(12)19-15/h7-10H,3-6H2,1-2H3,(H2,18,20). The van der Waals surface area contributed by atoms with Crippen LogP contribution in [-0.2, 0) is 12.8 Å². The second kappa shape index (κ2) is 5.13. The number of nitrogens with zero attached hydrogens (tertiary/aromatic N) is 1. The zero-order valence-corrected chi connectivity index (χ0v) is 12.9. The molecule has 0 atom stereocenters. The summed E-state index contributed by atoms with van der Waals surface area (Å²) in [5.74, 6) is 0.495. The number of hydrogen-bond donors (Lipinski definition) is 1.